The van der Waals surface area contributed by atoms with Crippen molar-refractivity contribution >= 4 is 10.1 Å². The predicted octanol–water partition coefficient (Wildman–Crippen LogP) is 9.99. The van der Waals surface area contributed by atoms with Crippen molar-refractivity contribution in [3.63, 3.8) is 0 Å². The number of aromatic nitrogens is 1. The molecule has 1 aromatic heterocycles. The van der Waals surface area contributed by atoms with Gasteiger partial charge in [0.1, 0.15) is 0 Å². The molecule has 1 rings (SSSR count). The van der Waals surface area contributed by atoms with Gasteiger partial charge in [-0.05, 0) is 31.4 Å². The zero-order valence-corrected chi connectivity index (χ0v) is 24.8. The number of halogens is 1. The third kappa shape index (κ3) is 31.1. The van der Waals surface area contributed by atoms with E-state index in [0.29, 0.717) is 19.4 Å². The molecule has 0 aliphatic heterocycles. The minimum atomic E-state index is -3.34. The third-order valence-corrected chi connectivity index (χ3v) is 7.92. The van der Waals surface area contributed by atoms with Gasteiger partial charge in [-0.3, -0.25) is 13.6 Å². The van der Waals surface area contributed by atoms with Crippen molar-refractivity contribution in [1.29, 1.82) is 0 Å². The zero-order chi connectivity index (χ0) is 27.1. The van der Waals surface area contributed by atoms with Gasteiger partial charge in [-0.1, -0.05) is 135 Å². The van der Waals surface area contributed by atoms with Gasteiger partial charge in [0.25, 0.3) is 10.1 Å². The van der Waals surface area contributed by atoms with Gasteiger partial charge in [0.15, 0.2) is 0 Å². The molecular formula is C31H58FNO3S. The maximum Gasteiger partial charge on any atom is 0.267 e. The van der Waals surface area contributed by atoms with Gasteiger partial charge in [0.05, 0.1) is 19.0 Å². The van der Waals surface area contributed by atoms with Crippen LogP contribution in [0, 0.1) is 0 Å². The van der Waals surface area contributed by atoms with Gasteiger partial charge in [-0.15, -0.1) is 0 Å². The van der Waals surface area contributed by atoms with E-state index in [4.69, 9.17) is 4.18 Å². The fourth-order valence-electron chi connectivity index (χ4n) is 4.29. The summed E-state index contributed by atoms with van der Waals surface area (Å²) in [5.41, 5.74) is 0. The summed E-state index contributed by atoms with van der Waals surface area (Å²) < 4.78 is 41.0. The average Bonchev–Trinajstić information content (AvgIpc) is 2.91. The Balaban J connectivity index is 0.00000187. The van der Waals surface area contributed by atoms with Crippen LogP contribution in [-0.4, -0.2) is 32.4 Å². The summed E-state index contributed by atoms with van der Waals surface area (Å²) in [6.45, 7) is 2.42. The number of hydrogen-bond acceptors (Lipinski definition) is 4. The highest BCUT2D eigenvalue weighted by Crippen LogP contribution is 2.13. The van der Waals surface area contributed by atoms with Crippen LogP contribution in [0.4, 0.5) is 4.39 Å². The summed E-state index contributed by atoms with van der Waals surface area (Å²) in [7, 11) is -3.34. The Hall–Kier alpha value is -1.01. The SMILES string of the molecule is CCCCCCCCCCCCCCOS(=O)(=O)CCCCCCCCCCCCF.c1ccncc1. The van der Waals surface area contributed by atoms with Crippen LogP contribution in [0.15, 0.2) is 30.6 Å². The lowest BCUT2D eigenvalue weighted by molar-refractivity contribution is 0.305. The van der Waals surface area contributed by atoms with E-state index in [9.17, 15) is 12.8 Å². The van der Waals surface area contributed by atoms with Crippen LogP contribution in [0.5, 0.6) is 0 Å². The summed E-state index contributed by atoms with van der Waals surface area (Å²) in [6, 6.07) is 5.72. The standard InChI is InChI=1S/C26H53FO3S.C5H5N/c1-2-3-4-5-6-7-8-10-13-16-19-22-25-30-31(28,29)26-23-20-17-14-11-9-12-15-18-21-24-27;1-2-4-6-5-3-1/h2-26H2,1H3;1-5H. The van der Waals surface area contributed by atoms with Crippen LogP contribution >= 0.6 is 0 Å². The Labute approximate surface area is 229 Å². The van der Waals surface area contributed by atoms with Gasteiger partial charge in [0.2, 0.25) is 0 Å². The molecule has 37 heavy (non-hydrogen) atoms. The van der Waals surface area contributed by atoms with Crippen LogP contribution in [-0.2, 0) is 14.3 Å². The number of nitrogens with zero attached hydrogens (tertiary/aromatic N) is 1. The lowest BCUT2D eigenvalue weighted by Crippen LogP contribution is -2.11. The van der Waals surface area contributed by atoms with Crippen LogP contribution in [0.25, 0.3) is 0 Å². The molecule has 1 aromatic rings. The second kappa shape index (κ2) is 29.5. The fraction of sp³-hybridized carbons (Fsp3) is 0.839. The molecule has 0 atom stereocenters. The number of rotatable bonds is 26. The Bertz CT molecular complexity index is 616. The number of unbranched alkanes of at least 4 members (excludes halogenated alkanes) is 20. The molecule has 218 valence electrons. The maximum atomic E-state index is 12.0. The second-order valence-corrected chi connectivity index (χ2v) is 12.0. The molecule has 0 aliphatic carbocycles. The number of alkyl halides is 1. The third-order valence-electron chi connectivity index (χ3n) is 6.61. The van der Waals surface area contributed by atoms with Gasteiger partial charge < -0.3 is 0 Å². The highest BCUT2D eigenvalue weighted by Gasteiger charge is 2.10. The van der Waals surface area contributed by atoms with Crippen LogP contribution < -0.4 is 0 Å². The first-order valence-electron chi connectivity index (χ1n) is 15.4. The van der Waals surface area contributed by atoms with Crippen molar-refractivity contribution in [2.75, 3.05) is 19.0 Å². The topological polar surface area (TPSA) is 56.3 Å². The van der Waals surface area contributed by atoms with E-state index in [1.807, 2.05) is 18.2 Å². The molecule has 0 fully saturated rings. The van der Waals surface area contributed by atoms with Crippen molar-refractivity contribution in [1.82, 2.24) is 4.98 Å². The first kappa shape index (κ1) is 36.0. The monoisotopic (exact) mass is 543 g/mol. The molecule has 1 heterocycles. The Kier molecular flexibility index (Phi) is 28.7. The van der Waals surface area contributed by atoms with Crippen LogP contribution in [0.2, 0.25) is 0 Å². The number of pyridine rings is 1. The predicted molar refractivity (Wildman–Crippen MR) is 157 cm³/mol. The van der Waals surface area contributed by atoms with E-state index in [1.54, 1.807) is 12.4 Å². The van der Waals surface area contributed by atoms with E-state index < -0.39 is 10.1 Å². The molecular weight excluding hydrogens is 485 g/mol. The molecule has 0 aliphatic rings. The Morgan fingerprint density at radius 3 is 1.35 bits per heavy atom. The highest BCUT2D eigenvalue weighted by molar-refractivity contribution is 7.86. The summed E-state index contributed by atoms with van der Waals surface area (Å²) in [5.74, 6) is 0.161. The van der Waals surface area contributed by atoms with Gasteiger partial charge in [0, 0.05) is 12.4 Å². The normalized spacial score (nSPS) is 11.3. The van der Waals surface area contributed by atoms with Crippen molar-refractivity contribution < 1.29 is 17.0 Å². The van der Waals surface area contributed by atoms with Crippen molar-refractivity contribution in [2.24, 2.45) is 0 Å². The van der Waals surface area contributed by atoms with Crippen molar-refractivity contribution in [3.8, 4) is 0 Å². The van der Waals surface area contributed by atoms with E-state index in [-0.39, 0.29) is 12.4 Å². The molecule has 0 N–H and O–H groups in total. The first-order chi connectivity index (χ1) is 18.1. The summed E-state index contributed by atoms with van der Waals surface area (Å²) in [6.07, 6.45) is 29.2. The molecule has 0 saturated heterocycles. The lowest BCUT2D eigenvalue weighted by atomic mass is 10.1. The lowest BCUT2D eigenvalue weighted by Gasteiger charge is -2.06. The molecule has 0 amide bonds. The van der Waals surface area contributed by atoms with E-state index in [2.05, 4.69) is 11.9 Å². The smallest absolute Gasteiger partial charge is 0.267 e. The minimum absolute atomic E-state index is 0.161. The Morgan fingerprint density at radius 2 is 0.973 bits per heavy atom. The second-order valence-electron chi connectivity index (χ2n) is 10.2. The number of hydrogen-bond donors (Lipinski definition) is 0. The van der Waals surface area contributed by atoms with E-state index in [0.717, 1.165) is 38.5 Å². The van der Waals surface area contributed by atoms with Crippen molar-refractivity contribution in [2.45, 2.75) is 148 Å². The fourth-order valence-corrected chi connectivity index (χ4v) is 5.34. The largest absolute Gasteiger partial charge is 0.270 e. The molecule has 0 aromatic carbocycles. The summed E-state index contributed by atoms with van der Waals surface area (Å²) in [4.78, 5) is 3.78. The molecule has 0 spiro atoms. The van der Waals surface area contributed by atoms with Crippen LogP contribution in [0.3, 0.4) is 0 Å². The molecule has 0 radical (unpaired) electrons. The van der Waals surface area contributed by atoms with Gasteiger partial charge in [-0.25, -0.2) is 0 Å². The molecule has 0 saturated carbocycles. The minimum Gasteiger partial charge on any atom is -0.270 e. The van der Waals surface area contributed by atoms with E-state index in [1.165, 1.54) is 89.9 Å². The van der Waals surface area contributed by atoms with Crippen molar-refractivity contribution in [3.05, 3.63) is 30.6 Å². The molecule has 6 heteroatoms. The van der Waals surface area contributed by atoms with E-state index >= 15 is 0 Å². The first-order valence-corrected chi connectivity index (χ1v) is 17.0. The summed E-state index contributed by atoms with van der Waals surface area (Å²) in [5, 5.41) is 0. The van der Waals surface area contributed by atoms with Gasteiger partial charge in [-0.2, -0.15) is 8.42 Å². The summed E-state index contributed by atoms with van der Waals surface area (Å²) >= 11 is 0. The average molecular weight is 544 g/mol. The maximum absolute atomic E-state index is 12.0. The highest BCUT2D eigenvalue weighted by atomic mass is 32.2. The van der Waals surface area contributed by atoms with Crippen LogP contribution in [0.1, 0.15) is 148 Å². The molecule has 0 bridgehead atoms. The molecule has 0 unspecified atom stereocenters. The van der Waals surface area contributed by atoms with Gasteiger partial charge >= 0.3 is 0 Å². The zero-order valence-electron chi connectivity index (χ0n) is 24.0. The quantitative estimate of drug-likeness (QED) is 0.0861. The Morgan fingerprint density at radius 1 is 0.568 bits per heavy atom. The molecule has 4 nitrogen and oxygen atoms in total.